The Balaban J connectivity index is 5.79. The molecular formula is C43H72N14O17S6. The first-order valence-corrected chi connectivity index (χ1v) is 27.9. The lowest BCUT2D eigenvalue weighted by molar-refractivity contribution is -0.141. The van der Waals surface area contributed by atoms with E-state index in [1.54, 1.807) is 13.8 Å². The summed E-state index contributed by atoms with van der Waals surface area (Å²) in [7, 11) is 0. The number of amides is 13. The van der Waals surface area contributed by atoms with E-state index in [1.807, 2.05) is 0 Å². The normalized spacial score (nSPS) is 15.0. The van der Waals surface area contributed by atoms with E-state index < -0.39 is 199 Å². The van der Waals surface area contributed by atoms with E-state index in [9.17, 15) is 77.0 Å². The van der Waals surface area contributed by atoms with Crippen LogP contribution in [0.2, 0.25) is 0 Å². The fraction of sp³-hybridized carbons (Fsp3) is 0.651. The number of nitrogens with one attached hydrogen (secondary N) is 12. The van der Waals surface area contributed by atoms with Crippen molar-refractivity contribution in [3.63, 3.8) is 0 Å². The van der Waals surface area contributed by atoms with E-state index >= 15 is 0 Å². The van der Waals surface area contributed by atoms with Gasteiger partial charge in [0.15, 0.2) is 0 Å². The molecule has 0 bridgehead atoms. The molecule has 11 atom stereocenters. The number of rotatable bonds is 38. The molecule has 0 aromatic rings. The molecule has 0 aliphatic rings. The van der Waals surface area contributed by atoms with Crippen molar-refractivity contribution >= 4 is 165 Å². The van der Waals surface area contributed by atoms with E-state index in [1.165, 1.54) is 13.8 Å². The number of carboxylic acid groups (broad SMARTS) is 2. The highest BCUT2D eigenvalue weighted by Crippen LogP contribution is 2.09. The second-order valence-electron chi connectivity index (χ2n) is 17.8. The van der Waals surface area contributed by atoms with Gasteiger partial charge in [0.25, 0.3) is 0 Å². The van der Waals surface area contributed by atoms with Crippen molar-refractivity contribution < 1.29 is 82.1 Å². The van der Waals surface area contributed by atoms with Crippen LogP contribution in [0.4, 0.5) is 0 Å². The monoisotopic (exact) mass is 1250 g/mol. The smallest absolute Gasteiger partial charge is 0.327 e. The number of nitrogens with two attached hydrogens (primary N) is 2. The van der Waals surface area contributed by atoms with Gasteiger partial charge in [0.05, 0.1) is 25.6 Å². The number of thiol groups is 6. The molecule has 0 heterocycles. The van der Waals surface area contributed by atoms with Crippen LogP contribution in [0, 0.1) is 5.92 Å². The minimum absolute atomic E-state index is 0.0528. The number of hydrogen-bond acceptors (Lipinski definition) is 22. The standard InChI is InChI=1S/C43H72N14O17S6/c1-17(2)7-22(52-37(67)21(5-6-32(61)62)51-40(70)25(13-77)55-35(65)20(44)11-75)38(68)56-27(15-79)42(72)57-26(14-78)41(71)53-23(8-29(45)58)36(66)47-9-30(59)48-19(4)34(64)54-24(12-76)39(69)49-18(3)33(63)46-10-31(60)50-28(16-80)43(73)74/h17-28,75-80H,5-16,44H2,1-4H3,(H2,45,58)(H,46,63)(H,47,66)(H,48,59)(H,49,69)(H,50,60)(H,51,70)(H,52,67)(H,53,71)(H,54,64)(H,55,65)(H,56,68)(H,57,72)(H,61,62)(H,73,74)/t18-,19-,20-,21-,22-,23-,24+,25-,26-,27-,28-/m0/s1. The van der Waals surface area contributed by atoms with Gasteiger partial charge in [-0.15, -0.1) is 0 Å². The molecule has 0 saturated heterocycles. The molecule has 0 saturated carbocycles. The highest BCUT2D eigenvalue weighted by atomic mass is 32.1. The van der Waals surface area contributed by atoms with Crippen molar-refractivity contribution in [2.75, 3.05) is 47.6 Å². The number of hydrogen-bond donors (Lipinski definition) is 22. The predicted octanol–water partition coefficient (Wildman–Crippen LogP) is -8.12. The molecule has 0 rings (SSSR count). The van der Waals surface area contributed by atoms with Crippen LogP contribution in [0.25, 0.3) is 0 Å². The van der Waals surface area contributed by atoms with Crippen LogP contribution in [-0.2, 0) is 71.9 Å². The van der Waals surface area contributed by atoms with Gasteiger partial charge >= 0.3 is 11.9 Å². The van der Waals surface area contributed by atoms with Crippen LogP contribution < -0.4 is 75.3 Å². The summed E-state index contributed by atoms with van der Waals surface area (Å²) in [6.07, 6.45) is -1.95. The molecule has 0 aromatic heterocycles. The third kappa shape index (κ3) is 28.5. The van der Waals surface area contributed by atoms with Gasteiger partial charge in [0, 0.05) is 40.9 Å². The van der Waals surface area contributed by atoms with Gasteiger partial charge in [0.1, 0.15) is 60.4 Å². The van der Waals surface area contributed by atoms with Crippen LogP contribution in [0.3, 0.4) is 0 Å². The largest absolute Gasteiger partial charge is 0.481 e. The molecule has 0 radical (unpaired) electrons. The first-order chi connectivity index (χ1) is 37.4. The van der Waals surface area contributed by atoms with Crippen molar-refractivity contribution in [3.8, 4) is 0 Å². The number of carbonyl (C=O) groups is 15. The van der Waals surface area contributed by atoms with Gasteiger partial charge < -0.3 is 85.5 Å². The average Bonchev–Trinajstić information content (AvgIpc) is 3.39. The van der Waals surface area contributed by atoms with Gasteiger partial charge in [-0.1, -0.05) is 13.8 Å². The molecule has 13 amide bonds. The van der Waals surface area contributed by atoms with Crippen molar-refractivity contribution in [1.29, 1.82) is 0 Å². The van der Waals surface area contributed by atoms with Gasteiger partial charge in [-0.25, -0.2) is 4.79 Å². The molecule has 452 valence electrons. The molecule has 0 aliphatic heterocycles. The maximum Gasteiger partial charge on any atom is 0.327 e. The lowest BCUT2D eigenvalue weighted by Gasteiger charge is -2.27. The van der Waals surface area contributed by atoms with Gasteiger partial charge in [-0.2, -0.15) is 75.8 Å². The number of carboxylic acids is 2. The van der Waals surface area contributed by atoms with Crippen LogP contribution in [-0.4, -0.2) is 213 Å². The van der Waals surface area contributed by atoms with E-state index in [2.05, 4.69) is 140 Å². The first-order valence-electron chi connectivity index (χ1n) is 24.1. The lowest BCUT2D eigenvalue weighted by Crippen LogP contribution is -2.61. The molecule has 37 heteroatoms. The van der Waals surface area contributed by atoms with Crippen molar-refractivity contribution in [2.24, 2.45) is 17.4 Å². The summed E-state index contributed by atoms with van der Waals surface area (Å²) in [5, 5.41) is 45.9. The van der Waals surface area contributed by atoms with Crippen molar-refractivity contribution in [1.82, 2.24) is 63.8 Å². The number of primary amides is 1. The minimum atomic E-state index is -1.75. The zero-order valence-electron chi connectivity index (χ0n) is 43.8. The molecule has 0 aliphatic carbocycles. The second kappa shape index (κ2) is 38.7. The maximum atomic E-state index is 13.7. The van der Waals surface area contributed by atoms with Crippen LogP contribution in [0.5, 0.6) is 0 Å². The molecule has 0 aromatic carbocycles. The summed E-state index contributed by atoms with van der Waals surface area (Å²) in [5.74, 6) is -17.1. The topological polar surface area (TPSA) is 493 Å². The Morgan fingerprint density at radius 3 is 1.19 bits per heavy atom. The Hall–Kier alpha value is -5.89. The molecule has 31 nitrogen and oxygen atoms in total. The summed E-state index contributed by atoms with van der Waals surface area (Å²) in [6, 6.07) is -15.5. The summed E-state index contributed by atoms with van der Waals surface area (Å²) in [4.78, 5) is 191. The highest BCUT2D eigenvalue weighted by molar-refractivity contribution is 7.81. The fourth-order valence-electron chi connectivity index (χ4n) is 6.23. The Morgan fingerprint density at radius 2 is 0.762 bits per heavy atom. The lowest BCUT2D eigenvalue weighted by atomic mass is 10.0. The van der Waals surface area contributed by atoms with E-state index in [0.29, 0.717) is 0 Å². The third-order valence-electron chi connectivity index (χ3n) is 10.6. The Morgan fingerprint density at radius 1 is 0.400 bits per heavy atom. The maximum absolute atomic E-state index is 13.7. The van der Waals surface area contributed by atoms with E-state index in [4.69, 9.17) is 16.6 Å². The zero-order valence-corrected chi connectivity index (χ0v) is 49.1. The fourth-order valence-corrected chi connectivity index (χ4v) is 7.67. The summed E-state index contributed by atoms with van der Waals surface area (Å²) in [6.45, 7) is 4.37. The SMILES string of the molecule is CC(C)C[C@H](NC(=O)[C@H](CCC(=O)O)NC(=O)[C@H](CS)NC(=O)[C@@H](N)CS)C(=O)N[C@@H](CS)C(=O)N[C@@H](CS)C(=O)N[C@@H](CC(N)=O)C(=O)NCC(=O)N[C@@H](C)C(=O)N[C@H](CS)C(=O)N[C@@H](C)C(=O)NCC(=O)N[C@@H](CS)C(=O)O. The van der Waals surface area contributed by atoms with Crippen LogP contribution in [0.15, 0.2) is 0 Å². The summed E-state index contributed by atoms with van der Waals surface area (Å²) >= 11 is 24.1. The third-order valence-corrected chi connectivity index (χ3v) is 12.9. The Kier molecular flexibility index (Phi) is 35.9. The minimum Gasteiger partial charge on any atom is -0.481 e. The van der Waals surface area contributed by atoms with Gasteiger partial charge in [0.2, 0.25) is 76.8 Å². The zero-order chi connectivity index (χ0) is 61.6. The van der Waals surface area contributed by atoms with Crippen LogP contribution in [0.1, 0.15) is 53.4 Å². The Bertz CT molecular complexity index is 2240. The molecule has 18 N–H and O–H groups in total. The number of aliphatic carboxylic acids is 2. The molecule has 0 unspecified atom stereocenters. The van der Waals surface area contributed by atoms with E-state index in [-0.39, 0.29) is 35.4 Å². The number of carbonyl (C=O) groups excluding carboxylic acids is 13. The molecular weight excluding hydrogens is 1180 g/mol. The molecule has 80 heavy (non-hydrogen) atoms. The van der Waals surface area contributed by atoms with Crippen molar-refractivity contribution in [3.05, 3.63) is 0 Å². The summed E-state index contributed by atoms with van der Waals surface area (Å²) in [5.41, 5.74) is 11.0. The molecule has 0 spiro atoms. The van der Waals surface area contributed by atoms with Crippen LogP contribution >= 0.6 is 75.8 Å². The summed E-state index contributed by atoms with van der Waals surface area (Å²) < 4.78 is 0. The predicted molar refractivity (Wildman–Crippen MR) is 306 cm³/mol. The molecule has 0 fully saturated rings. The van der Waals surface area contributed by atoms with Crippen molar-refractivity contribution in [2.45, 2.75) is 120 Å². The second-order valence-corrected chi connectivity index (χ2v) is 20.0. The Labute approximate surface area is 492 Å². The first kappa shape index (κ1) is 74.1. The van der Waals surface area contributed by atoms with Gasteiger partial charge in [-0.05, 0) is 32.6 Å². The van der Waals surface area contributed by atoms with E-state index in [0.717, 1.165) is 0 Å². The highest BCUT2D eigenvalue weighted by Gasteiger charge is 2.35. The quantitative estimate of drug-likeness (QED) is 0.0255. The average molecular weight is 1250 g/mol. The van der Waals surface area contributed by atoms with Gasteiger partial charge in [-0.3, -0.25) is 67.1 Å².